The molecular formula is C16H19ClN2O. The summed E-state index contributed by atoms with van der Waals surface area (Å²) < 4.78 is 0. The van der Waals surface area contributed by atoms with Gasteiger partial charge in [-0.15, -0.1) is 0 Å². The van der Waals surface area contributed by atoms with Gasteiger partial charge in [-0.1, -0.05) is 35.9 Å². The summed E-state index contributed by atoms with van der Waals surface area (Å²) in [4.78, 5) is 14.6. The van der Waals surface area contributed by atoms with Gasteiger partial charge in [0, 0.05) is 23.7 Å². The summed E-state index contributed by atoms with van der Waals surface area (Å²) in [5, 5.41) is 0.725. The van der Waals surface area contributed by atoms with Crippen molar-refractivity contribution in [3.63, 3.8) is 0 Å². The zero-order valence-electron chi connectivity index (χ0n) is 11.3. The molecular weight excluding hydrogens is 272 g/mol. The predicted octanol–water partition coefficient (Wildman–Crippen LogP) is 2.73. The largest absolute Gasteiger partial charge is 0.335 e. The van der Waals surface area contributed by atoms with Gasteiger partial charge in [0.15, 0.2) is 0 Å². The summed E-state index contributed by atoms with van der Waals surface area (Å²) in [6.45, 7) is 0.667. The Bertz CT molecular complexity index is 522. The van der Waals surface area contributed by atoms with E-state index in [9.17, 15) is 4.79 Å². The minimum atomic E-state index is -0.0436. The Hall–Kier alpha value is -1.32. The molecule has 0 saturated heterocycles. The molecule has 2 N–H and O–H groups in total. The first-order valence-corrected chi connectivity index (χ1v) is 7.50. The van der Waals surface area contributed by atoms with E-state index in [1.807, 2.05) is 41.3 Å². The fourth-order valence-corrected chi connectivity index (χ4v) is 2.81. The van der Waals surface area contributed by atoms with E-state index in [0.29, 0.717) is 12.6 Å². The molecule has 20 heavy (non-hydrogen) atoms. The second kappa shape index (κ2) is 5.58. The molecule has 4 heteroatoms. The number of carbonyl (C=O) groups excluding carboxylic acids is 1. The number of nitrogens with zero attached hydrogens (tertiary/aromatic N) is 1. The first kappa shape index (κ1) is 13.7. The maximum atomic E-state index is 12.6. The fourth-order valence-electron chi connectivity index (χ4n) is 2.68. The number of amides is 1. The Morgan fingerprint density at radius 2 is 1.95 bits per heavy atom. The van der Waals surface area contributed by atoms with Crippen molar-refractivity contribution in [1.82, 2.24) is 4.90 Å². The summed E-state index contributed by atoms with van der Waals surface area (Å²) in [6.07, 6.45) is 6.87. The molecule has 0 heterocycles. The number of halogens is 1. The van der Waals surface area contributed by atoms with Gasteiger partial charge in [0.2, 0.25) is 5.91 Å². The van der Waals surface area contributed by atoms with Crippen LogP contribution < -0.4 is 5.73 Å². The summed E-state index contributed by atoms with van der Waals surface area (Å²) in [7, 11) is 0. The van der Waals surface area contributed by atoms with Gasteiger partial charge in [0.05, 0.1) is 5.92 Å². The Morgan fingerprint density at radius 1 is 1.25 bits per heavy atom. The predicted molar refractivity (Wildman–Crippen MR) is 80.2 cm³/mol. The third kappa shape index (κ3) is 3.05. The van der Waals surface area contributed by atoms with Crippen LogP contribution in [0.25, 0.3) is 0 Å². The van der Waals surface area contributed by atoms with E-state index in [1.54, 1.807) is 0 Å². The van der Waals surface area contributed by atoms with E-state index >= 15 is 0 Å². The Balaban J connectivity index is 1.71. The molecule has 1 amide bonds. The van der Waals surface area contributed by atoms with Gasteiger partial charge in [-0.25, -0.2) is 0 Å². The monoisotopic (exact) mass is 290 g/mol. The van der Waals surface area contributed by atoms with Crippen molar-refractivity contribution >= 4 is 17.5 Å². The average molecular weight is 291 g/mol. The molecule has 2 aliphatic carbocycles. The fraction of sp³-hybridized carbons (Fsp3) is 0.438. The molecule has 106 valence electrons. The van der Waals surface area contributed by atoms with Crippen LogP contribution in [0.5, 0.6) is 0 Å². The molecule has 1 fully saturated rings. The number of rotatable bonds is 4. The van der Waals surface area contributed by atoms with E-state index in [2.05, 4.69) is 0 Å². The van der Waals surface area contributed by atoms with Crippen molar-refractivity contribution in [3.05, 3.63) is 47.0 Å². The molecule has 0 spiro atoms. The van der Waals surface area contributed by atoms with Gasteiger partial charge < -0.3 is 10.6 Å². The van der Waals surface area contributed by atoms with Gasteiger partial charge in [0.25, 0.3) is 0 Å². The maximum Gasteiger partial charge on any atom is 0.230 e. The Morgan fingerprint density at radius 3 is 2.50 bits per heavy atom. The van der Waals surface area contributed by atoms with Crippen molar-refractivity contribution < 1.29 is 4.79 Å². The van der Waals surface area contributed by atoms with Crippen LogP contribution in [0.1, 0.15) is 24.8 Å². The molecule has 0 aromatic heterocycles. The summed E-state index contributed by atoms with van der Waals surface area (Å²) >= 11 is 5.90. The molecule has 2 unspecified atom stereocenters. The van der Waals surface area contributed by atoms with Crippen LogP contribution in [0.2, 0.25) is 5.02 Å². The highest BCUT2D eigenvalue weighted by Gasteiger charge is 2.36. The molecule has 1 aromatic rings. The second-order valence-corrected chi connectivity index (χ2v) is 6.15. The van der Waals surface area contributed by atoms with Crippen LogP contribution in [0.3, 0.4) is 0 Å². The van der Waals surface area contributed by atoms with E-state index in [-0.39, 0.29) is 17.9 Å². The molecule has 0 radical (unpaired) electrons. The third-order valence-corrected chi connectivity index (χ3v) is 4.22. The summed E-state index contributed by atoms with van der Waals surface area (Å²) in [5.74, 6) is 0.171. The highest BCUT2D eigenvalue weighted by atomic mass is 35.5. The number of carbonyl (C=O) groups is 1. The van der Waals surface area contributed by atoms with Gasteiger partial charge >= 0.3 is 0 Å². The molecule has 0 aliphatic heterocycles. The molecule has 0 bridgehead atoms. The smallest absolute Gasteiger partial charge is 0.230 e. The summed E-state index contributed by atoms with van der Waals surface area (Å²) in [5.41, 5.74) is 6.98. The third-order valence-electron chi connectivity index (χ3n) is 3.97. The molecule has 3 nitrogen and oxygen atoms in total. The molecule has 2 aliphatic rings. The molecule has 2 atom stereocenters. The quantitative estimate of drug-likeness (QED) is 0.867. The van der Waals surface area contributed by atoms with Crippen molar-refractivity contribution in [2.45, 2.75) is 37.9 Å². The van der Waals surface area contributed by atoms with E-state index < -0.39 is 0 Å². The molecule has 1 aromatic carbocycles. The van der Waals surface area contributed by atoms with Crippen LogP contribution in [-0.2, 0) is 11.3 Å². The molecule has 1 saturated carbocycles. The van der Waals surface area contributed by atoms with Gasteiger partial charge in [-0.2, -0.15) is 0 Å². The lowest BCUT2D eigenvalue weighted by atomic mass is 10.1. The minimum Gasteiger partial charge on any atom is -0.335 e. The van der Waals surface area contributed by atoms with E-state index in [0.717, 1.165) is 29.8 Å². The van der Waals surface area contributed by atoms with Crippen LogP contribution in [0, 0.1) is 5.92 Å². The summed E-state index contributed by atoms with van der Waals surface area (Å²) in [6, 6.07) is 8.15. The lowest BCUT2D eigenvalue weighted by Gasteiger charge is -2.25. The second-order valence-electron chi connectivity index (χ2n) is 5.71. The highest BCUT2D eigenvalue weighted by molar-refractivity contribution is 6.30. The zero-order valence-corrected chi connectivity index (χ0v) is 12.1. The van der Waals surface area contributed by atoms with Crippen molar-refractivity contribution in [3.8, 4) is 0 Å². The standard InChI is InChI=1S/C16H19ClN2O/c17-13-4-1-11(2-5-13)10-19(15-7-8-15)16(20)12-3-6-14(18)9-12/h1-6,12,14-15H,7-10,18H2. The lowest BCUT2D eigenvalue weighted by Crippen LogP contribution is -2.37. The number of hydrogen-bond donors (Lipinski definition) is 1. The van der Waals surface area contributed by atoms with Crippen LogP contribution in [-0.4, -0.2) is 22.9 Å². The van der Waals surface area contributed by atoms with Crippen LogP contribution in [0.15, 0.2) is 36.4 Å². The first-order valence-electron chi connectivity index (χ1n) is 7.12. The van der Waals surface area contributed by atoms with Crippen molar-refractivity contribution in [1.29, 1.82) is 0 Å². The number of benzene rings is 1. The normalized spacial score (nSPS) is 24.9. The van der Waals surface area contributed by atoms with E-state index in [1.165, 1.54) is 0 Å². The SMILES string of the molecule is NC1C=CC(C(=O)N(Cc2ccc(Cl)cc2)C2CC2)C1. The van der Waals surface area contributed by atoms with Crippen molar-refractivity contribution in [2.24, 2.45) is 11.7 Å². The number of nitrogens with two attached hydrogens (primary N) is 1. The average Bonchev–Trinajstić information content (AvgIpc) is 3.19. The van der Waals surface area contributed by atoms with Gasteiger partial charge in [-0.05, 0) is 37.0 Å². The minimum absolute atomic E-state index is 0.0283. The topological polar surface area (TPSA) is 46.3 Å². The van der Waals surface area contributed by atoms with Crippen LogP contribution >= 0.6 is 11.6 Å². The Labute approximate surface area is 124 Å². The highest BCUT2D eigenvalue weighted by Crippen LogP contribution is 2.31. The van der Waals surface area contributed by atoms with Gasteiger partial charge in [-0.3, -0.25) is 4.79 Å². The van der Waals surface area contributed by atoms with E-state index in [4.69, 9.17) is 17.3 Å². The zero-order chi connectivity index (χ0) is 14.1. The lowest BCUT2D eigenvalue weighted by molar-refractivity contribution is -0.135. The first-order chi connectivity index (χ1) is 9.63. The number of hydrogen-bond acceptors (Lipinski definition) is 2. The molecule has 3 rings (SSSR count). The van der Waals surface area contributed by atoms with Crippen LogP contribution in [0.4, 0.5) is 0 Å². The Kier molecular flexibility index (Phi) is 3.81. The maximum absolute atomic E-state index is 12.6. The van der Waals surface area contributed by atoms with Gasteiger partial charge in [0.1, 0.15) is 0 Å². The van der Waals surface area contributed by atoms with Crippen molar-refractivity contribution in [2.75, 3.05) is 0 Å².